The van der Waals surface area contributed by atoms with Gasteiger partial charge in [-0.2, -0.15) is 23.3 Å². The summed E-state index contributed by atoms with van der Waals surface area (Å²) in [6, 6.07) is 7.52. The molecule has 0 spiro atoms. The molecule has 9 nitrogen and oxygen atoms in total. The summed E-state index contributed by atoms with van der Waals surface area (Å²) in [5, 5.41) is 9.08. The molecule has 0 bridgehead atoms. The Morgan fingerprint density at radius 1 is 1.13 bits per heavy atom. The number of halogens is 4. The van der Waals surface area contributed by atoms with Crippen molar-refractivity contribution in [2.75, 3.05) is 21.6 Å². The average Bonchev–Trinajstić information content (AvgIpc) is 2.95. The van der Waals surface area contributed by atoms with Gasteiger partial charge in [-0.05, 0) is 19.1 Å². The van der Waals surface area contributed by atoms with Crippen molar-refractivity contribution in [2.45, 2.75) is 19.6 Å². The van der Waals surface area contributed by atoms with Crippen LogP contribution in [0.1, 0.15) is 5.69 Å². The van der Waals surface area contributed by atoms with Crippen LogP contribution in [0, 0.1) is 12.7 Å². The monoisotopic (exact) mass is 459 g/mol. The summed E-state index contributed by atoms with van der Waals surface area (Å²) in [7, 11) is -3.59. The van der Waals surface area contributed by atoms with Crippen molar-refractivity contribution in [3.05, 3.63) is 48.0 Å². The number of nitrogens with one attached hydrogen (secondary N) is 3. The first kappa shape index (κ1) is 22.3. The molecule has 0 atom stereocenters. The number of para-hydroxylation sites is 2. The average molecular weight is 459 g/mol. The van der Waals surface area contributed by atoms with Crippen LogP contribution in [-0.4, -0.2) is 40.6 Å². The zero-order valence-corrected chi connectivity index (χ0v) is 17.0. The number of hydrogen-bond acceptors (Lipinski definition) is 7. The molecule has 0 amide bonds. The molecule has 3 rings (SSSR count). The third kappa shape index (κ3) is 6.28. The zero-order valence-electron chi connectivity index (χ0n) is 16.2. The predicted octanol–water partition coefficient (Wildman–Crippen LogP) is 3.54. The molecule has 3 aromatic rings. The summed E-state index contributed by atoms with van der Waals surface area (Å²) in [6.45, 7) is 0.190. The van der Waals surface area contributed by atoms with Crippen molar-refractivity contribution in [2.24, 2.45) is 0 Å². The van der Waals surface area contributed by atoms with E-state index in [-0.39, 0.29) is 34.7 Å². The Kier molecular flexibility index (Phi) is 6.01. The molecule has 0 saturated heterocycles. The molecule has 0 unspecified atom stereocenters. The van der Waals surface area contributed by atoms with Gasteiger partial charge in [-0.15, -0.1) is 0 Å². The highest BCUT2D eigenvalue weighted by Gasteiger charge is 2.29. The number of nitrogens with zero attached hydrogens (tertiary/aromatic N) is 4. The van der Waals surface area contributed by atoms with Gasteiger partial charge in [-0.3, -0.25) is 9.40 Å². The molecule has 0 aliphatic rings. The van der Waals surface area contributed by atoms with Crippen LogP contribution in [-0.2, 0) is 16.6 Å². The topological polar surface area (TPSA) is 114 Å². The Morgan fingerprint density at radius 3 is 2.45 bits per heavy atom. The Bertz CT molecular complexity index is 1200. The lowest BCUT2D eigenvalue weighted by molar-refractivity contribution is -0.142. The van der Waals surface area contributed by atoms with Crippen LogP contribution in [0.3, 0.4) is 0 Å². The number of sulfonamides is 1. The van der Waals surface area contributed by atoms with Gasteiger partial charge in [0.15, 0.2) is 17.5 Å². The predicted molar refractivity (Wildman–Crippen MR) is 106 cm³/mol. The molecule has 2 aromatic heterocycles. The number of rotatable bonds is 7. The van der Waals surface area contributed by atoms with E-state index in [1.807, 2.05) is 0 Å². The molecule has 14 heteroatoms. The summed E-state index contributed by atoms with van der Waals surface area (Å²) in [4.78, 5) is 7.71. The van der Waals surface area contributed by atoms with Gasteiger partial charge in [0.1, 0.15) is 6.54 Å². The lowest BCUT2D eigenvalue weighted by Gasteiger charge is -2.13. The molecule has 3 N–H and O–H groups in total. The molecule has 0 fully saturated rings. The summed E-state index contributed by atoms with van der Waals surface area (Å²) in [5.74, 6) is -1.21. The number of benzene rings is 1. The van der Waals surface area contributed by atoms with Gasteiger partial charge in [0.2, 0.25) is 16.0 Å². The summed E-state index contributed by atoms with van der Waals surface area (Å²) in [6.07, 6.45) is -2.62. The van der Waals surface area contributed by atoms with Gasteiger partial charge >= 0.3 is 6.18 Å². The van der Waals surface area contributed by atoms with E-state index in [2.05, 4.69) is 30.4 Å². The van der Waals surface area contributed by atoms with Crippen LogP contribution in [0.4, 0.5) is 46.5 Å². The minimum Gasteiger partial charge on any atom is -0.336 e. The van der Waals surface area contributed by atoms with E-state index in [1.54, 1.807) is 12.1 Å². The minimum absolute atomic E-state index is 0.0402. The molecular formula is C17H17F4N7O2S. The second-order valence-electron chi connectivity index (χ2n) is 6.50. The van der Waals surface area contributed by atoms with Crippen LogP contribution in [0.25, 0.3) is 0 Å². The van der Waals surface area contributed by atoms with Crippen LogP contribution in [0.2, 0.25) is 0 Å². The summed E-state index contributed by atoms with van der Waals surface area (Å²) >= 11 is 0. The molecule has 0 aliphatic heterocycles. The Hall–Kier alpha value is -3.42. The molecule has 31 heavy (non-hydrogen) atoms. The van der Waals surface area contributed by atoms with Crippen molar-refractivity contribution in [3.63, 3.8) is 0 Å². The van der Waals surface area contributed by atoms with Crippen molar-refractivity contribution in [1.82, 2.24) is 19.7 Å². The van der Waals surface area contributed by atoms with Gasteiger partial charge in [-0.25, -0.2) is 17.8 Å². The third-order valence-corrected chi connectivity index (χ3v) is 4.36. The molecule has 2 heterocycles. The van der Waals surface area contributed by atoms with Crippen molar-refractivity contribution >= 4 is 39.0 Å². The second-order valence-corrected chi connectivity index (χ2v) is 8.25. The van der Waals surface area contributed by atoms with Gasteiger partial charge in [0.05, 0.1) is 23.8 Å². The smallest absolute Gasteiger partial charge is 0.336 e. The normalized spacial score (nSPS) is 11.9. The number of aromatic nitrogens is 4. The number of alkyl halides is 3. The highest BCUT2D eigenvalue weighted by Crippen LogP contribution is 2.27. The summed E-state index contributed by atoms with van der Waals surface area (Å²) < 4.78 is 78.1. The maximum Gasteiger partial charge on any atom is 0.408 e. The fourth-order valence-electron chi connectivity index (χ4n) is 2.54. The van der Waals surface area contributed by atoms with E-state index in [9.17, 15) is 26.0 Å². The fourth-order valence-corrected chi connectivity index (χ4v) is 3.12. The third-order valence-electron chi connectivity index (χ3n) is 3.77. The van der Waals surface area contributed by atoms with E-state index in [0.29, 0.717) is 0 Å². The number of hydrogen-bond donors (Lipinski definition) is 3. The highest BCUT2D eigenvalue weighted by atomic mass is 32.2. The maximum atomic E-state index is 14.2. The van der Waals surface area contributed by atoms with Crippen LogP contribution >= 0.6 is 0 Å². The highest BCUT2D eigenvalue weighted by molar-refractivity contribution is 7.92. The van der Waals surface area contributed by atoms with E-state index in [0.717, 1.165) is 17.1 Å². The molecule has 0 radical (unpaired) electrons. The van der Waals surface area contributed by atoms with Crippen molar-refractivity contribution in [1.29, 1.82) is 0 Å². The molecule has 0 aliphatic carbocycles. The zero-order chi connectivity index (χ0) is 22.8. The van der Waals surface area contributed by atoms with Crippen LogP contribution in [0.15, 0.2) is 36.5 Å². The lowest BCUT2D eigenvalue weighted by Crippen LogP contribution is -2.19. The lowest BCUT2D eigenvalue weighted by atomic mass is 10.2. The second kappa shape index (κ2) is 8.37. The van der Waals surface area contributed by atoms with Crippen LogP contribution < -0.4 is 15.4 Å². The quantitative estimate of drug-likeness (QED) is 0.463. The minimum atomic E-state index is -4.44. The first-order valence-corrected chi connectivity index (χ1v) is 10.5. The van der Waals surface area contributed by atoms with Gasteiger partial charge in [0, 0.05) is 11.8 Å². The fraction of sp³-hybridized carbons (Fsp3) is 0.235. The molecule has 1 aromatic carbocycles. The number of aryl methyl sites for hydroxylation is 1. The van der Waals surface area contributed by atoms with Gasteiger partial charge in [0.25, 0.3) is 0 Å². The van der Waals surface area contributed by atoms with E-state index in [1.165, 1.54) is 25.1 Å². The van der Waals surface area contributed by atoms with E-state index < -0.39 is 28.6 Å². The van der Waals surface area contributed by atoms with E-state index in [4.69, 9.17) is 0 Å². The van der Waals surface area contributed by atoms with Crippen molar-refractivity contribution in [3.8, 4) is 0 Å². The van der Waals surface area contributed by atoms with Gasteiger partial charge < -0.3 is 10.6 Å². The molecular weight excluding hydrogens is 442 g/mol. The Labute approximate surface area is 174 Å². The Morgan fingerprint density at radius 2 is 1.81 bits per heavy atom. The first-order valence-electron chi connectivity index (χ1n) is 8.64. The largest absolute Gasteiger partial charge is 0.408 e. The Balaban J connectivity index is 1.83. The number of anilines is 5. The van der Waals surface area contributed by atoms with Gasteiger partial charge in [-0.1, -0.05) is 12.1 Å². The molecule has 0 saturated carbocycles. The standard InChI is InChI=1S/C17H17F4N7O2S/c1-10-7-14(26-28(10)9-17(19,20)21)24-16-22-8-11(18)15(25-16)23-12-5-3-4-6-13(12)27-31(2,29)30/h3-8,27H,9H2,1-2H3,(H2,22,23,24,25,26). The van der Waals surface area contributed by atoms with E-state index >= 15 is 0 Å². The van der Waals surface area contributed by atoms with Crippen molar-refractivity contribution < 1.29 is 26.0 Å². The first-order chi connectivity index (χ1) is 14.4. The summed E-state index contributed by atoms with van der Waals surface area (Å²) in [5.41, 5.74) is 0.641. The SMILES string of the molecule is Cc1cc(Nc2ncc(F)c(Nc3ccccc3NS(C)(=O)=O)n2)nn1CC(F)(F)F. The van der Waals surface area contributed by atoms with Crippen LogP contribution in [0.5, 0.6) is 0 Å². The molecule has 166 valence electrons. The maximum absolute atomic E-state index is 14.2.